The van der Waals surface area contributed by atoms with Crippen LogP contribution in [0.4, 0.5) is 15.8 Å². The van der Waals surface area contributed by atoms with Crippen LogP contribution >= 0.6 is 11.6 Å². The molecule has 4 rings (SSSR count). The summed E-state index contributed by atoms with van der Waals surface area (Å²) in [6.45, 7) is 0. The maximum atomic E-state index is 13.0. The highest BCUT2D eigenvalue weighted by Gasteiger charge is 2.38. The van der Waals surface area contributed by atoms with E-state index in [0.717, 1.165) is 4.90 Å². The van der Waals surface area contributed by atoms with Crippen LogP contribution in [-0.4, -0.2) is 17.7 Å². The van der Waals surface area contributed by atoms with E-state index >= 15 is 0 Å². The topological polar surface area (TPSA) is 66.5 Å². The average molecular weight is 395 g/mol. The zero-order valence-corrected chi connectivity index (χ0v) is 15.0. The van der Waals surface area contributed by atoms with Crippen molar-refractivity contribution in [3.8, 4) is 0 Å². The van der Waals surface area contributed by atoms with Crippen molar-refractivity contribution in [2.75, 3.05) is 10.2 Å². The quantitative estimate of drug-likeness (QED) is 0.663. The fraction of sp³-hybridized carbons (Fsp3) is 0. The molecule has 0 spiro atoms. The van der Waals surface area contributed by atoms with Gasteiger partial charge in [-0.25, -0.2) is 9.29 Å². The Morgan fingerprint density at radius 2 is 1.57 bits per heavy atom. The molecule has 3 aromatic carbocycles. The lowest BCUT2D eigenvalue weighted by Gasteiger charge is -2.15. The van der Waals surface area contributed by atoms with Gasteiger partial charge in [0.1, 0.15) is 5.82 Å². The third-order valence-electron chi connectivity index (χ3n) is 4.34. The SMILES string of the molecule is O=C(Nc1ccc(F)cc1)c1ccc2c(c1)C(=O)N(c1ccccc1Cl)C2=O. The Balaban J connectivity index is 1.64. The minimum Gasteiger partial charge on any atom is -0.322 e. The molecule has 0 atom stereocenters. The number of benzene rings is 3. The summed E-state index contributed by atoms with van der Waals surface area (Å²) in [6.07, 6.45) is 0. The number of amides is 3. The Morgan fingerprint density at radius 3 is 2.29 bits per heavy atom. The molecule has 0 fully saturated rings. The molecule has 1 aliphatic heterocycles. The van der Waals surface area contributed by atoms with Crippen LogP contribution in [0.25, 0.3) is 0 Å². The lowest BCUT2D eigenvalue weighted by atomic mass is 10.1. The summed E-state index contributed by atoms with van der Waals surface area (Å²) >= 11 is 6.12. The zero-order chi connectivity index (χ0) is 19.8. The largest absolute Gasteiger partial charge is 0.322 e. The van der Waals surface area contributed by atoms with Crippen molar-refractivity contribution >= 4 is 40.7 Å². The Hall–Kier alpha value is -3.51. The molecule has 0 unspecified atom stereocenters. The summed E-state index contributed by atoms with van der Waals surface area (Å²) in [4.78, 5) is 38.9. The van der Waals surface area contributed by atoms with E-state index in [1.165, 1.54) is 42.5 Å². The van der Waals surface area contributed by atoms with Gasteiger partial charge in [-0.05, 0) is 54.6 Å². The molecule has 7 heteroatoms. The summed E-state index contributed by atoms with van der Waals surface area (Å²) in [5.74, 6) is -1.95. The van der Waals surface area contributed by atoms with Crippen molar-refractivity contribution < 1.29 is 18.8 Å². The van der Waals surface area contributed by atoms with Crippen molar-refractivity contribution in [1.82, 2.24) is 0 Å². The number of fused-ring (bicyclic) bond motifs is 1. The fourth-order valence-corrected chi connectivity index (χ4v) is 3.19. The lowest BCUT2D eigenvalue weighted by Crippen LogP contribution is -2.29. The van der Waals surface area contributed by atoms with E-state index < -0.39 is 23.5 Å². The Kier molecular flexibility index (Phi) is 4.41. The highest BCUT2D eigenvalue weighted by molar-refractivity contribution is 6.40. The Bertz CT molecular complexity index is 1130. The summed E-state index contributed by atoms with van der Waals surface area (Å²) in [5, 5.41) is 2.89. The number of nitrogens with zero attached hydrogens (tertiary/aromatic N) is 1. The molecule has 1 N–H and O–H groups in total. The number of para-hydroxylation sites is 1. The van der Waals surface area contributed by atoms with Gasteiger partial charge in [0.15, 0.2) is 0 Å². The van der Waals surface area contributed by atoms with E-state index in [4.69, 9.17) is 11.6 Å². The summed E-state index contributed by atoms with van der Waals surface area (Å²) in [6, 6.07) is 16.1. The van der Waals surface area contributed by atoms with Gasteiger partial charge >= 0.3 is 0 Å². The first-order chi connectivity index (χ1) is 13.5. The fourth-order valence-electron chi connectivity index (χ4n) is 2.97. The van der Waals surface area contributed by atoms with Crippen molar-refractivity contribution in [2.24, 2.45) is 0 Å². The van der Waals surface area contributed by atoms with E-state index in [1.54, 1.807) is 24.3 Å². The first kappa shape index (κ1) is 17.9. The van der Waals surface area contributed by atoms with Gasteiger partial charge in [-0.2, -0.15) is 0 Å². The number of imide groups is 1. The monoisotopic (exact) mass is 394 g/mol. The van der Waals surface area contributed by atoms with Gasteiger partial charge in [-0.3, -0.25) is 14.4 Å². The maximum Gasteiger partial charge on any atom is 0.266 e. The molecular formula is C21H12ClFN2O3. The Labute approximate surface area is 164 Å². The van der Waals surface area contributed by atoms with Gasteiger partial charge in [0, 0.05) is 11.3 Å². The normalized spacial score (nSPS) is 12.9. The number of carbonyl (C=O) groups is 3. The standard InChI is InChI=1S/C21H12ClFN2O3/c22-17-3-1-2-4-18(17)25-20(27)15-10-5-12(11-16(15)21(25)28)19(26)24-14-8-6-13(23)7-9-14/h1-11H,(H,24,26). The highest BCUT2D eigenvalue weighted by Crippen LogP contribution is 2.33. The van der Waals surface area contributed by atoms with E-state index in [2.05, 4.69) is 5.32 Å². The minimum absolute atomic E-state index is 0.122. The van der Waals surface area contributed by atoms with Gasteiger partial charge in [-0.1, -0.05) is 23.7 Å². The third kappa shape index (κ3) is 3.04. The van der Waals surface area contributed by atoms with Gasteiger partial charge in [0.2, 0.25) is 0 Å². The van der Waals surface area contributed by atoms with Gasteiger partial charge in [0.25, 0.3) is 17.7 Å². The number of anilines is 2. The second kappa shape index (κ2) is 6.90. The summed E-state index contributed by atoms with van der Waals surface area (Å²) in [5.41, 5.74) is 1.21. The number of halogens is 2. The van der Waals surface area contributed by atoms with E-state index in [-0.39, 0.29) is 27.4 Å². The van der Waals surface area contributed by atoms with Crippen molar-refractivity contribution in [3.63, 3.8) is 0 Å². The average Bonchev–Trinajstić information content (AvgIpc) is 2.94. The van der Waals surface area contributed by atoms with Crippen molar-refractivity contribution in [1.29, 1.82) is 0 Å². The molecule has 1 aliphatic rings. The molecule has 3 amide bonds. The molecule has 0 aromatic heterocycles. The number of hydrogen-bond acceptors (Lipinski definition) is 3. The smallest absolute Gasteiger partial charge is 0.266 e. The predicted molar refractivity (Wildman–Crippen MR) is 103 cm³/mol. The van der Waals surface area contributed by atoms with Crippen molar-refractivity contribution in [3.05, 3.63) is 94.3 Å². The minimum atomic E-state index is -0.551. The van der Waals surface area contributed by atoms with Gasteiger partial charge in [0.05, 0.1) is 21.8 Å². The van der Waals surface area contributed by atoms with Gasteiger partial charge < -0.3 is 5.32 Å². The number of hydrogen-bond donors (Lipinski definition) is 1. The first-order valence-electron chi connectivity index (χ1n) is 8.30. The number of carbonyl (C=O) groups excluding carboxylic acids is 3. The molecule has 0 aliphatic carbocycles. The molecule has 28 heavy (non-hydrogen) atoms. The number of nitrogens with one attached hydrogen (secondary N) is 1. The van der Waals surface area contributed by atoms with Crippen LogP contribution in [0.1, 0.15) is 31.1 Å². The van der Waals surface area contributed by atoms with Crippen molar-refractivity contribution in [2.45, 2.75) is 0 Å². The summed E-state index contributed by atoms with van der Waals surface area (Å²) in [7, 11) is 0. The molecular weight excluding hydrogens is 383 g/mol. The second-order valence-electron chi connectivity index (χ2n) is 6.12. The van der Waals surface area contributed by atoms with Crippen LogP contribution in [0.2, 0.25) is 5.02 Å². The molecule has 3 aromatic rings. The molecule has 5 nitrogen and oxygen atoms in total. The van der Waals surface area contributed by atoms with Crippen LogP contribution in [-0.2, 0) is 0 Å². The molecule has 0 saturated heterocycles. The van der Waals surface area contributed by atoms with E-state index in [0.29, 0.717) is 5.69 Å². The molecule has 0 bridgehead atoms. The first-order valence-corrected chi connectivity index (χ1v) is 8.68. The Morgan fingerprint density at radius 1 is 0.893 bits per heavy atom. The van der Waals surface area contributed by atoms with Crippen LogP contribution in [0.3, 0.4) is 0 Å². The molecule has 1 heterocycles. The van der Waals surface area contributed by atoms with Crippen LogP contribution in [0.5, 0.6) is 0 Å². The van der Waals surface area contributed by atoms with Gasteiger partial charge in [-0.15, -0.1) is 0 Å². The van der Waals surface area contributed by atoms with Crippen LogP contribution in [0, 0.1) is 5.82 Å². The van der Waals surface area contributed by atoms with Crippen LogP contribution in [0.15, 0.2) is 66.7 Å². The summed E-state index contributed by atoms with van der Waals surface area (Å²) < 4.78 is 13.0. The molecule has 0 saturated carbocycles. The third-order valence-corrected chi connectivity index (χ3v) is 4.66. The second-order valence-corrected chi connectivity index (χ2v) is 6.53. The number of rotatable bonds is 3. The van der Waals surface area contributed by atoms with E-state index in [9.17, 15) is 18.8 Å². The maximum absolute atomic E-state index is 13.0. The van der Waals surface area contributed by atoms with Crippen LogP contribution < -0.4 is 10.2 Å². The van der Waals surface area contributed by atoms with E-state index in [1.807, 2.05) is 0 Å². The lowest BCUT2D eigenvalue weighted by molar-refractivity contribution is 0.0925. The molecule has 0 radical (unpaired) electrons. The highest BCUT2D eigenvalue weighted by atomic mass is 35.5. The molecule has 138 valence electrons. The zero-order valence-electron chi connectivity index (χ0n) is 14.3. The predicted octanol–water partition coefficient (Wildman–Crippen LogP) is 4.53.